The molecule has 0 aliphatic rings. The van der Waals surface area contributed by atoms with Gasteiger partial charge in [-0.3, -0.25) is 0 Å². The van der Waals surface area contributed by atoms with Gasteiger partial charge in [0.25, 0.3) is 0 Å². The van der Waals surface area contributed by atoms with Gasteiger partial charge >= 0.3 is 0 Å². The Morgan fingerprint density at radius 1 is 0.559 bits per heavy atom. The van der Waals surface area contributed by atoms with E-state index in [1.54, 1.807) is 6.07 Å². The van der Waals surface area contributed by atoms with Gasteiger partial charge < -0.3 is 20.6 Å². The Kier molecular flexibility index (Phi) is 4.39. The van der Waals surface area contributed by atoms with E-state index < -0.39 is 0 Å². The number of hydrogen-bond acceptors (Lipinski definition) is 3. The van der Waals surface area contributed by atoms with Crippen molar-refractivity contribution in [1.82, 2.24) is 9.13 Å². The molecule has 0 saturated carbocycles. The van der Waals surface area contributed by atoms with Crippen LogP contribution in [0.4, 0.5) is 11.4 Å². The Balaban J connectivity index is 1.81. The highest BCUT2D eigenvalue weighted by Gasteiger charge is 2.26. The molecule has 4 N–H and O–H groups in total. The van der Waals surface area contributed by atoms with Gasteiger partial charge in [0.1, 0.15) is 0 Å². The van der Waals surface area contributed by atoms with E-state index in [2.05, 4.69) is 33.4 Å². The summed E-state index contributed by atoms with van der Waals surface area (Å²) in [5.74, 6) is 0. The van der Waals surface area contributed by atoms with Gasteiger partial charge in [0.15, 0.2) is 0 Å². The molecule has 0 unspecified atom stereocenters. The van der Waals surface area contributed by atoms with E-state index in [9.17, 15) is 5.26 Å². The fraction of sp³-hybridized carbons (Fsp3) is 0. The third-order valence-corrected chi connectivity index (χ3v) is 6.30. The van der Waals surface area contributed by atoms with E-state index in [1.807, 2.05) is 78.9 Å². The van der Waals surface area contributed by atoms with E-state index in [1.165, 1.54) is 0 Å². The second-order valence-electron chi connectivity index (χ2n) is 8.23. The smallest absolute Gasteiger partial charge is 0.0992 e. The van der Waals surface area contributed by atoms with Crippen LogP contribution in [0.25, 0.3) is 44.6 Å². The predicted octanol–water partition coefficient (Wildman–Crippen LogP) is 6.28. The van der Waals surface area contributed by atoms with Crippen LogP contribution in [0.5, 0.6) is 0 Å². The van der Waals surface area contributed by atoms with Crippen molar-refractivity contribution in [3.05, 3.63) is 109 Å². The Morgan fingerprint density at radius 2 is 1.06 bits per heavy atom. The third kappa shape index (κ3) is 2.79. The summed E-state index contributed by atoms with van der Waals surface area (Å²) >= 11 is 0. The lowest BCUT2D eigenvalue weighted by molar-refractivity contribution is 1.07. The van der Waals surface area contributed by atoms with Crippen LogP contribution in [0, 0.1) is 11.3 Å². The average molecular weight is 440 g/mol. The summed E-state index contributed by atoms with van der Waals surface area (Å²) in [6.07, 6.45) is 0. The van der Waals surface area contributed by atoms with Crippen molar-refractivity contribution in [2.45, 2.75) is 0 Å². The first kappa shape index (κ1) is 19.7. The fourth-order valence-electron chi connectivity index (χ4n) is 4.82. The minimum absolute atomic E-state index is 0.580. The van der Waals surface area contributed by atoms with Crippen molar-refractivity contribution in [2.75, 3.05) is 11.5 Å². The maximum Gasteiger partial charge on any atom is 0.0992 e. The Hall–Kier alpha value is -4.95. The van der Waals surface area contributed by atoms with Crippen LogP contribution in [0.3, 0.4) is 0 Å². The molecular formula is C29H21N5. The van der Waals surface area contributed by atoms with E-state index >= 15 is 0 Å². The van der Waals surface area contributed by atoms with E-state index in [0.717, 1.165) is 44.6 Å². The average Bonchev–Trinajstić information content (AvgIpc) is 3.35. The number of nitrogens with zero attached hydrogens (tertiary/aromatic N) is 3. The normalized spacial score (nSPS) is 11.1. The van der Waals surface area contributed by atoms with Gasteiger partial charge in [0.2, 0.25) is 0 Å². The zero-order valence-corrected chi connectivity index (χ0v) is 18.3. The SMILES string of the molecule is N#Cc1cccc(-n2c(-c3c(N)c4ccccc4n3-c3ccccc3)c(N)c3ccccc32)c1. The molecule has 0 amide bonds. The number of nitrogen functional groups attached to an aromatic ring is 2. The van der Waals surface area contributed by atoms with Crippen molar-refractivity contribution in [3.8, 4) is 28.8 Å². The first-order valence-corrected chi connectivity index (χ1v) is 11.0. The van der Waals surface area contributed by atoms with Gasteiger partial charge in [-0.15, -0.1) is 0 Å². The van der Waals surface area contributed by atoms with Crippen molar-refractivity contribution in [2.24, 2.45) is 0 Å². The van der Waals surface area contributed by atoms with E-state index in [4.69, 9.17) is 11.5 Å². The lowest BCUT2D eigenvalue weighted by Gasteiger charge is -2.16. The van der Waals surface area contributed by atoms with Crippen LogP contribution in [-0.2, 0) is 0 Å². The molecule has 0 radical (unpaired) electrons. The van der Waals surface area contributed by atoms with Crippen LogP contribution in [0.15, 0.2) is 103 Å². The summed E-state index contributed by atoms with van der Waals surface area (Å²) in [6, 6.07) is 36.1. The molecule has 0 bridgehead atoms. The second-order valence-corrected chi connectivity index (χ2v) is 8.23. The number of benzene rings is 4. The van der Waals surface area contributed by atoms with Crippen molar-refractivity contribution < 1.29 is 0 Å². The highest BCUT2D eigenvalue weighted by Crippen LogP contribution is 2.45. The molecule has 0 aliphatic carbocycles. The molecule has 5 heteroatoms. The first-order valence-electron chi connectivity index (χ1n) is 11.0. The predicted molar refractivity (Wildman–Crippen MR) is 139 cm³/mol. The minimum Gasteiger partial charge on any atom is -0.396 e. The first-order chi connectivity index (χ1) is 16.7. The molecule has 2 heterocycles. The quantitative estimate of drug-likeness (QED) is 0.340. The molecule has 0 saturated heterocycles. The van der Waals surface area contributed by atoms with Crippen molar-refractivity contribution >= 4 is 33.2 Å². The molecule has 5 nitrogen and oxygen atoms in total. The molecule has 34 heavy (non-hydrogen) atoms. The zero-order valence-electron chi connectivity index (χ0n) is 18.3. The van der Waals surface area contributed by atoms with Crippen molar-refractivity contribution in [3.63, 3.8) is 0 Å². The summed E-state index contributed by atoms with van der Waals surface area (Å²) in [7, 11) is 0. The monoisotopic (exact) mass is 439 g/mol. The highest BCUT2D eigenvalue weighted by atomic mass is 15.1. The molecule has 0 atom stereocenters. The van der Waals surface area contributed by atoms with Gasteiger partial charge in [0, 0.05) is 22.1 Å². The van der Waals surface area contributed by atoms with Gasteiger partial charge in [-0.2, -0.15) is 5.26 Å². The summed E-state index contributed by atoms with van der Waals surface area (Å²) < 4.78 is 4.27. The summed E-state index contributed by atoms with van der Waals surface area (Å²) in [5.41, 5.74) is 21.0. The standard InChI is InChI=1S/C29H21N5/c30-18-19-9-8-12-21(17-19)34-25-16-7-5-14-23(25)27(32)29(34)28-26(31)22-13-4-6-15-24(22)33(28)20-10-2-1-3-11-20/h1-17H,31-32H2. The number of fused-ring (bicyclic) bond motifs is 2. The molecule has 2 aromatic heterocycles. The summed E-state index contributed by atoms with van der Waals surface area (Å²) in [5, 5.41) is 11.4. The summed E-state index contributed by atoms with van der Waals surface area (Å²) in [4.78, 5) is 0. The molecule has 0 spiro atoms. The molecule has 162 valence electrons. The number of para-hydroxylation sites is 3. The van der Waals surface area contributed by atoms with Crippen LogP contribution >= 0.6 is 0 Å². The number of hydrogen-bond donors (Lipinski definition) is 2. The van der Waals surface area contributed by atoms with E-state index in [0.29, 0.717) is 16.9 Å². The van der Waals surface area contributed by atoms with Crippen molar-refractivity contribution in [1.29, 1.82) is 5.26 Å². The summed E-state index contributed by atoms with van der Waals surface area (Å²) in [6.45, 7) is 0. The maximum atomic E-state index is 9.54. The van der Waals surface area contributed by atoms with Gasteiger partial charge in [-0.1, -0.05) is 60.7 Å². The number of nitriles is 1. The van der Waals surface area contributed by atoms with Gasteiger partial charge in [-0.05, 0) is 42.5 Å². The Morgan fingerprint density at radius 3 is 1.65 bits per heavy atom. The van der Waals surface area contributed by atoms with Crippen LogP contribution in [0.1, 0.15) is 5.56 Å². The molecule has 0 fully saturated rings. The molecule has 0 aliphatic heterocycles. The molecule has 6 rings (SSSR count). The number of rotatable bonds is 3. The van der Waals surface area contributed by atoms with Crippen LogP contribution < -0.4 is 11.5 Å². The fourth-order valence-corrected chi connectivity index (χ4v) is 4.82. The lowest BCUT2D eigenvalue weighted by Crippen LogP contribution is -2.05. The van der Waals surface area contributed by atoms with Gasteiger partial charge in [0.05, 0.1) is 45.4 Å². The third-order valence-electron chi connectivity index (χ3n) is 6.30. The van der Waals surface area contributed by atoms with Crippen LogP contribution in [0.2, 0.25) is 0 Å². The largest absolute Gasteiger partial charge is 0.396 e. The molecule has 6 aromatic rings. The molecule has 4 aromatic carbocycles. The zero-order chi connectivity index (χ0) is 23.2. The topological polar surface area (TPSA) is 85.7 Å². The number of anilines is 2. The number of nitrogens with two attached hydrogens (primary N) is 2. The number of aromatic nitrogens is 2. The Labute approximate surface area is 196 Å². The highest BCUT2D eigenvalue weighted by molar-refractivity contribution is 6.09. The second kappa shape index (κ2) is 7.58. The molecular weight excluding hydrogens is 418 g/mol. The maximum absolute atomic E-state index is 9.54. The van der Waals surface area contributed by atoms with E-state index in [-0.39, 0.29) is 0 Å². The minimum atomic E-state index is 0.580. The van der Waals surface area contributed by atoms with Gasteiger partial charge in [-0.25, -0.2) is 0 Å². The Bertz CT molecular complexity index is 1730. The van der Waals surface area contributed by atoms with Crippen LogP contribution in [-0.4, -0.2) is 9.13 Å². The lowest BCUT2D eigenvalue weighted by atomic mass is 10.1.